The van der Waals surface area contributed by atoms with Crippen molar-refractivity contribution in [1.82, 2.24) is 5.32 Å². The Morgan fingerprint density at radius 2 is 2.14 bits per heavy atom. The summed E-state index contributed by atoms with van der Waals surface area (Å²) >= 11 is 0. The molecule has 0 aromatic heterocycles. The van der Waals surface area contributed by atoms with E-state index in [1.165, 1.54) is 18.2 Å². The minimum atomic E-state index is -1.00. The van der Waals surface area contributed by atoms with E-state index >= 15 is 0 Å². The number of carbonyl (C=O) groups is 2. The molecule has 0 bridgehead atoms. The molecule has 2 rings (SSSR count). The smallest absolute Gasteiger partial charge is 0.319 e. The lowest BCUT2D eigenvalue weighted by molar-refractivity contribution is -0.136. The first-order chi connectivity index (χ1) is 10.0. The predicted molar refractivity (Wildman–Crippen MR) is 73.9 cm³/mol. The van der Waals surface area contributed by atoms with Crippen LogP contribution in [0.5, 0.6) is 5.75 Å². The molecular formula is C14H17FN2O4. The van der Waals surface area contributed by atoms with E-state index in [2.05, 4.69) is 10.6 Å². The van der Waals surface area contributed by atoms with Gasteiger partial charge in [0.05, 0.1) is 12.5 Å². The highest BCUT2D eigenvalue weighted by Gasteiger charge is 2.20. The molecule has 1 aliphatic rings. The molecule has 1 aliphatic carbocycles. The molecule has 0 aliphatic heterocycles. The molecule has 7 heteroatoms. The molecule has 0 unspecified atom stereocenters. The molecule has 1 saturated carbocycles. The van der Waals surface area contributed by atoms with Crippen molar-refractivity contribution in [2.75, 3.05) is 11.9 Å². The maximum absolute atomic E-state index is 13.8. The van der Waals surface area contributed by atoms with Crippen LogP contribution in [0.1, 0.15) is 25.7 Å². The molecule has 21 heavy (non-hydrogen) atoms. The summed E-state index contributed by atoms with van der Waals surface area (Å²) < 4.78 is 19.3. The van der Waals surface area contributed by atoms with Crippen molar-refractivity contribution < 1.29 is 23.8 Å². The summed E-state index contributed by atoms with van der Waals surface area (Å²) in [4.78, 5) is 21.8. The van der Waals surface area contributed by atoms with E-state index in [1.807, 2.05) is 0 Å². The van der Waals surface area contributed by atoms with Crippen LogP contribution < -0.4 is 15.4 Å². The monoisotopic (exact) mass is 296 g/mol. The molecule has 6 nitrogen and oxygen atoms in total. The first-order valence-electron chi connectivity index (χ1n) is 6.77. The van der Waals surface area contributed by atoms with Gasteiger partial charge in [-0.3, -0.25) is 4.79 Å². The highest BCUT2D eigenvalue weighted by Crippen LogP contribution is 2.28. The number of nitrogens with one attached hydrogen (secondary N) is 2. The van der Waals surface area contributed by atoms with Gasteiger partial charge in [0, 0.05) is 18.3 Å². The van der Waals surface area contributed by atoms with E-state index in [-0.39, 0.29) is 30.5 Å². The second-order valence-electron chi connectivity index (χ2n) is 4.84. The molecule has 0 saturated heterocycles. The van der Waals surface area contributed by atoms with Crippen LogP contribution in [0.3, 0.4) is 0 Å². The Balaban J connectivity index is 1.84. The van der Waals surface area contributed by atoms with Crippen LogP contribution in [0.25, 0.3) is 0 Å². The number of anilines is 1. The number of hydrogen-bond acceptors (Lipinski definition) is 3. The molecule has 1 aromatic rings. The number of carboxylic acid groups (broad SMARTS) is 1. The van der Waals surface area contributed by atoms with Crippen LogP contribution in [0, 0.1) is 5.82 Å². The van der Waals surface area contributed by atoms with Crippen LogP contribution in [0.4, 0.5) is 14.9 Å². The third-order valence-electron chi connectivity index (χ3n) is 3.16. The van der Waals surface area contributed by atoms with Crippen molar-refractivity contribution in [3.8, 4) is 5.75 Å². The topological polar surface area (TPSA) is 87.7 Å². The lowest BCUT2D eigenvalue weighted by Crippen LogP contribution is -2.30. The number of aliphatic carboxylic acids is 1. The number of carboxylic acids is 1. The zero-order chi connectivity index (χ0) is 15.2. The standard InChI is InChI=1S/C14H17FN2O4/c15-11-8-9(17-14(20)16-7-6-13(18)19)4-5-12(11)21-10-2-1-3-10/h4-5,8,10H,1-3,6-7H2,(H,18,19)(H2,16,17,20). The third kappa shape index (κ3) is 4.62. The zero-order valence-corrected chi connectivity index (χ0v) is 11.4. The minimum Gasteiger partial charge on any atom is -0.487 e. The quantitative estimate of drug-likeness (QED) is 0.752. The van der Waals surface area contributed by atoms with Crippen LogP contribution in [-0.2, 0) is 4.79 Å². The molecule has 2 amide bonds. The Kier molecular flexibility index (Phi) is 4.97. The third-order valence-corrected chi connectivity index (χ3v) is 3.16. The first kappa shape index (κ1) is 15.1. The number of rotatable bonds is 6. The first-order valence-corrected chi connectivity index (χ1v) is 6.77. The van der Waals surface area contributed by atoms with E-state index in [0.717, 1.165) is 19.3 Å². The average Bonchev–Trinajstić information content (AvgIpc) is 2.35. The molecule has 3 N–H and O–H groups in total. The van der Waals surface area contributed by atoms with Gasteiger partial charge in [0.25, 0.3) is 0 Å². The summed E-state index contributed by atoms with van der Waals surface area (Å²) in [6.45, 7) is 0.00647. The Hall–Kier alpha value is -2.31. The van der Waals surface area contributed by atoms with Crippen molar-refractivity contribution >= 4 is 17.7 Å². The summed E-state index contributed by atoms with van der Waals surface area (Å²) in [5, 5.41) is 13.2. The fourth-order valence-corrected chi connectivity index (χ4v) is 1.80. The van der Waals surface area contributed by atoms with Gasteiger partial charge >= 0.3 is 12.0 Å². The number of benzene rings is 1. The van der Waals surface area contributed by atoms with Crippen molar-refractivity contribution in [2.45, 2.75) is 31.8 Å². The number of carbonyl (C=O) groups excluding carboxylic acids is 1. The number of amides is 2. The second kappa shape index (κ2) is 6.92. The normalized spacial score (nSPS) is 14.1. The molecule has 1 aromatic carbocycles. The Morgan fingerprint density at radius 3 is 2.71 bits per heavy atom. The molecule has 0 atom stereocenters. The van der Waals surface area contributed by atoms with Crippen LogP contribution >= 0.6 is 0 Å². The number of halogens is 1. The number of ether oxygens (including phenoxy) is 1. The Labute approximate surface area is 121 Å². The van der Waals surface area contributed by atoms with Gasteiger partial charge in [-0.2, -0.15) is 0 Å². The minimum absolute atomic E-state index is 0.00647. The van der Waals surface area contributed by atoms with Gasteiger partial charge < -0.3 is 20.5 Å². The zero-order valence-electron chi connectivity index (χ0n) is 11.4. The lowest BCUT2D eigenvalue weighted by atomic mass is 9.96. The molecule has 114 valence electrons. The van der Waals surface area contributed by atoms with Crippen molar-refractivity contribution in [1.29, 1.82) is 0 Å². The summed E-state index contributed by atoms with van der Waals surface area (Å²) in [6.07, 6.45) is 2.88. The van der Waals surface area contributed by atoms with Gasteiger partial charge in [-0.15, -0.1) is 0 Å². The van der Waals surface area contributed by atoms with Gasteiger partial charge in [0.15, 0.2) is 11.6 Å². The van der Waals surface area contributed by atoms with E-state index in [1.54, 1.807) is 0 Å². The average molecular weight is 296 g/mol. The van der Waals surface area contributed by atoms with Crippen molar-refractivity contribution in [2.24, 2.45) is 0 Å². The highest BCUT2D eigenvalue weighted by molar-refractivity contribution is 5.89. The number of urea groups is 1. The fraction of sp³-hybridized carbons (Fsp3) is 0.429. The van der Waals surface area contributed by atoms with Gasteiger partial charge in [-0.25, -0.2) is 9.18 Å². The highest BCUT2D eigenvalue weighted by atomic mass is 19.1. The van der Waals surface area contributed by atoms with Crippen molar-refractivity contribution in [3.05, 3.63) is 24.0 Å². The molecule has 0 radical (unpaired) electrons. The summed E-state index contributed by atoms with van der Waals surface area (Å²) in [5.74, 6) is -1.36. The second-order valence-corrected chi connectivity index (χ2v) is 4.84. The SMILES string of the molecule is O=C(O)CCNC(=O)Nc1ccc(OC2CCC2)c(F)c1. The molecule has 0 spiro atoms. The Bertz CT molecular complexity index is 532. The summed E-state index contributed by atoms with van der Waals surface area (Å²) in [6, 6.07) is 3.60. The molecule has 0 heterocycles. The van der Waals surface area contributed by atoms with E-state index in [9.17, 15) is 14.0 Å². The van der Waals surface area contributed by atoms with Crippen LogP contribution in [-0.4, -0.2) is 29.8 Å². The molecule has 1 fully saturated rings. The van der Waals surface area contributed by atoms with Crippen LogP contribution in [0.15, 0.2) is 18.2 Å². The maximum atomic E-state index is 13.8. The van der Waals surface area contributed by atoms with E-state index in [0.29, 0.717) is 0 Å². The summed E-state index contributed by atoms with van der Waals surface area (Å²) in [5.41, 5.74) is 0.279. The molecular weight excluding hydrogens is 279 g/mol. The predicted octanol–water partition coefficient (Wildman–Crippen LogP) is 2.35. The van der Waals surface area contributed by atoms with Gasteiger partial charge in [-0.05, 0) is 31.4 Å². The Morgan fingerprint density at radius 1 is 1.38 bits per heavy atom. The van der Waals surface area contributed by atoms with Crippen molar-refractivity contribution in [3.63, 3.8) is 0 Å². The van der Waals surface area contributed by atoms with Crippen LogP contribution in [0.2, 0.25) is 0 Å². The van der Waals surface area contributed by atoms with Gasteiger partial charge in [-0.1, -0.05) is 0 Å². The van der Waals surface area contributed by atoms with E-state index in [4.69, 9.17) is 9.84 Å². The largest absolute Gasteiger partial charge is 0.487 e. The van der Waals surface area contributed by atoms with Gasteiger partial charge in [0.1, 0.15) is 0 Å². The lowest BCUT2D eigenvalue weighted by Gasteiger charge is -2.26. The fourth-order valence-electron chi connectivity index (χ4n) is 1.80. The maximum Gasteiger partial charge on any atom is 0.319 e. The van der Waals surface area contributed by atoms with Gasteiger partial charge in [0.2, 0.25) is 0 Å². The summed E-state index contributed by atoms with van der Waals surface area (Å²) in [7, 11) is 0. The van der Waals surface area contributed by atoms with E-state index < -0.39 is 17.8 Å². The number of hydrogen-bond donors (Lipinski definition) is 3.